The number of piperidine rings is 1. The minimum absolute atomic E-state index is 0.0194. The second kappa shape index (κ2) is 8.82. The lowest BCUT2D eigenvalue weighted by Crippen LogP contribution is -2.40. The Kier molecular flexibility index (Phi) is 6.23. The zero-order valence-electron chi connectivity index (χ0n) is 15.5. The van der Waals surface area contributed by atoms with Gasteiger partial charge in [-0.1, -0.05) is 6.07 Å². The average molecular weight is 389 g/mol. The van der Waals surface area contributed by atoms with E-state index in [1.165, 1.54) is 43.5 Å². The van der Waals surface area contributed by atoms with Crippen LogP contribution < -0.4 is 4.74 Å². The fourth-order valence-corrected chi connectivity index (χ4v) is 3.17. The Labute approximate surface area is 161 Å². The fraction of sp³-hybridized carbons (Fsp3) is 0.333. The smallest absolute Gasteiger partial charge is 0.309 e. The molecule has 0 atom stereocenters. The van der Waals surface area contributed by atoms with Crippen molar-refractivity contribution in [2.75, 3.05) is 20.2 Å². The molecule has 7 heteroatoms. The predicted octanol–water partition coefficient (Wildman–Crippen LogP) is 3.57. The van der Waals surface area contributed by atoms with Crippen LogP contribution in [0.5, 0.6) is 5.75 Å². The van der Waals surface area contributed by atoms with Crippen LogP contribution in [0.25, 0.3) is 0 Å². The SMILES string of the molecule is COc1ccc(COC(=O)C2CCN(C(=O)c3ccc(F)cc3)CC2)cc1F. The molecule has 2 aromatic rings. The molecule has 0 radical (unpaired) electrons. The maximum absolute atomic E-state index is 13.7. The van der Waals surface area contributed by atoms with Crippen LogP contribution in [0.1, 0.15) is 28.8 Å². The van der Waals surface area contributed by atoms with Crippen LogP contribution in [0.2, 0.25) is 0 Å². The molecule has 1 fully saturated rings. The van der Waals surface area contributed by atoms with Gasteiger partial charge >= 0.3 is 5.97 Å². The van der Waals surface area contributed by atoms with Gasteiger partial charge in [0.25, 0.3) is 5.91 Å². The van der Waals surface area contributed by atoms with Crippen molar-refractivity contribution < 1.29 is 27.8 Å². The normalized spacial score (nSPS) is 14.6. The van der Waals surface area contributed by atoms with Gasteiger partial charge < -0.3 is 14.4 Å². The van der Waals surface area contributed by atoms with Crippen molar-refractivity contribution in [3.05, 3.63) is 65.2 Å². The van der Waals surface area contributed by atoms with Gasteiger partial charge in [-0.05, 0) is 54.8 Å². The molecule has 0 saturated carbocycles. The summed E-state index contributed by atoms with van der Waals surface area (Å²) in [5.74, 6) is -1.61. The molecule has 3 rings (SSSR count). The van der Waals surface area contributed by atoms with E-state index in [4.69, 9.17) is 9.47 Å². The van der Waals surface area contributed by atoms with Gasteiger partial charge in [-0.15, -0.1) is 0 Å². The number of carbonyl (C=O) groups is 2. The highest BCUT2D eigenvalue weighted by Crippen LogP contribution is 2.22. The number of esters is 1. The van der Waals surface area contributed by atoms with E-state index in [0.29, 0.717) is 37.1 Å². The third kappa shape index (κ3) is 4.65. The third-order valence-corrected chi connectivity index (χ3v) is 4.80. The number of hydrogen-bond acceptors (Lipinski definition) is 4. The highest BCUT2D eigenvalue weighted by atomic mass is 19.1. The summed E-state index contributed by atoms with van der Waals surface area (Å²) in [6.07, 6.45) is 0.978. The van der Waals surface area contributed by atoms with E-state index in [9.17, 15) is 18.4 Å². The van der Waals surface area contributed by atoms with Crippen molar-refractivity contribution >= 4 is 11.9 Å². The van der Waals surface area contributed by atoms with Gasteiger partial charge in [-0.2, -0.15) is 0 Å². The number of rotatable bonds is 5. The second-order valence-electron chi connectivity index (χ2n) is 6.65. The number of nitrogens with zero attached hydrogens (tertiary/aromatic N) is 1. The Balaban J connectivity index is 1.49. The summed E-state index contributed by atoms with van der Waals surface area (Å²) in [5, 5.41) is 0. The summed E-state index contributed by atoms with van der Waals surface area (Å²) >= 11 is 0. The number of halogens is 2. The molecule has 1 heterocycles. The summed E-state index contributed by atoms with van der Waals surface area (Å²) in [6.45, 7) is 0.828. The lowest BCUT2D eigenvalue weighted by molar-refractivity contribution is -0.151. The molecule has 0 unspecified atom stereocenters. The highest BCUT2D eigenvalue weighted by Gasteiger charge is 2.28. The first kappa shape index (κ1) is 19.8. The Morgan fingerprint density at radius 2 is 1.75 bits per heavy atom. The van der Waals surface area contributed by atoms with Crippen molar-refractivity contribution in [3.63, 3.8) is 0 Å². The molecule has 2 aromatic carbocycles. The maximum atomic E-state index is 13.7. The Morgan fingerprint density at radius 1 is 1.07 bits per heavy atom. The van der Waals surface area contributed by atoms with Gasteiger partial charge in [0.2, 0.25) is 0 Å². The lowest BCUT2D eigenvalue weighted by atomic mass is 9.96. The van der Waals surface area contributed by atoms with Crippen LogP contribution in [0, 0.1) is 17.6 Å². The number of ether oxygens (including phenoxy) is 2. The third-order valence-electron chi connectivity index (χ3n) is 4.80. The minimum Gasteiger partial charge on any atom is -0.494 e. The molecular weight excluding hydrogens is 368 g/mol. The monoisotopic (exact) mass is 389 g/mol. The molecule has 0 spiro atoms. The molecule has 1 aliphatic heterocycles. The van der Waals surface area contributed by atoms with E-state index in [1.54, 1.807) is 11.0 Å². The predicted molar refractivity (Wildman–Crippen MR) is 97.8 cm³/mol. The lowest BCUT2D eigenvalue weighted by Gasteiger charge is -2.31. The molecule has 0 aromatic heterocycles. The first-order valence-electron chi connectivity index (χ1n) is 9.02. The first-order chi connectivity index (χ1) is 13.5. The van der Waals surface area contributed by atoms with E-state index < -0.39 is 11.6 Å². The Bertz CT molecular complexity index is 846. The minimum atomic E-state index is -0.510. The van der Waals surface area contributed by atoms with Crippen LogP contribution in [-0.2, 0) is 16.1 Å². The van der Waals surface area contributed by atoms with Gasteiger partial charge in [0.15, 0.2) is 11.6 Å². The average Bonchev–Trinajstić information content (AvgIpc) is 2.72. The number of methoxy groups -OCH3 is 1. The number of likely N-dealkylation sites (tertiary alicyclic amines) is 1. The quantitative estimate of drug-likeness (QED) is 0.734. The summed E-state index contributed by atoms with van der Waals surface area (Å²) in [7, 11) is 1.38. The summed E-state index contributed by atoms with van der Waals surface area (Å²) < 4.78 is 36.8. The van der Waals surface area contributed by atoms with Crippen molar-refractivity contribution in [1.82, 2.24) is 4.90 Å². The molecule has 1 amide bonds. The maximum Gasteiger partial charge on any atom is 0.309 e. The van der Waals surface area contributed by atoms with E-state index in [0.717, 1.165) is 0 Å². The van der Waals surface area contributed by atoms with Crippen molar-refractivity contribution in [2.24, 2.45) is 5.92 Å². The van der Waals surface area contributed by atoms with Crippen LogP contribution in [0.15, 0.2) is 42.5 Å². The van der Waals surface area contributed by atoms with Crippen LogP contribution >= 0.6 is 0 Å². The zero-order chi connectivity index (χ0) is 20.1. The largest absolute Gasteiger partial charge is 0.494 e. The zero-order valence-corrected chi connectivity index (χ0v) is 15.5. The topological polar surface area (TPSA) is 55.8 Å². The van der Waals surface area contributed by atoms with Gasteiger partial charge in [-0.3, -0.25) is 9.59 Å². The number of amides is 1. The number of benzene rings is 2. The molecular formula is C21H21F2NO4. The Hall–Kier alpha value is -2.96. The van der Waals surface area contributed by atoms with E-state index in [2.05, 4.69) is 0 Å². The standard InChI is InChI=1S/C21H21F2NO4/c1-27-19-7-2-14(12-18(19)23)13-28-21(26)16-8-10-24(11-9-16)20(25)15-3-5-17(22)6-4-15/h2-7,12,16H,8-11,13H2,1H3. The van der Waals surface area contributed by atoms with Crippen LogP contribution in [0.4, 0.5) is 8.78 Å². The molecule has 28 heavy (non-hydrogen) atoms. The Morgan fingerprint density at radius 3 is 2.36 bits per heavy atom. The van der Waals surface area contributed by atoms with E-state index in [1.807, 2.05) is 0 Å². The highest BCUT2D eigenvalue weighted by molar-refractivity contribution is 5.94. The fourth-order valence-electron chi connectivity index (χ4n) is 3.17. The van der Waals surface area contributed by atoms with Crippen LogP contribution in [0.3, 0.4) is 0 Å². The van der Waals surface area contributed by atoms with E-state index >= 15 is 0 Å². The van der Waals surface area contributed by atoms with Gasteiger partial charge in [0, 0.05) is 18.7 Å². The van der Waals surface area contributed by atoms with Crippen molar-refractivity contribution in [1.29, 1.82) is 0 Å². The van der Waals surface area contributed by atoms with Crippen molar-refractivity contribution in [3.8, 4) is 5.75 Å². The van der Waals surface area contributed by atoms with Crippen LogP contribution in [-0.4, -0.2) is 37.0 Å². The van der Waals surface area contributed by atoms with Gasteiger partial charge in [0.1, 0.15) is 12.4 Å². The molecule has 148 valence electrons. The molecule has 0 bridgehead atoms. The molecule has 0 N–H and O–H groups in total. The van der Waals surface area contributed by atoms with Gasteiger partial charge in [-0.25, -0.2) is 8.78 Å². The summed E-state index contributed by atoms with van der Waals surface area (Å²) in [4.78, 5) is 26.4. The summed E-state index contributed by atoms with van der Waals surface area (Å²) in [6, 6.07) is 9.80. The van der Waals surface area contributed by atoms with E-state index in [-0.39, 0.29) is 30.2 Å². The summed E-state index contributed by atoms with van der Waals surface area (Å²) in [5.41, 5.74) is 0.958. The molecule has 1 aliphatic rings. The molecule has 1 saturated heterocycles. The van der Waals surface area contributed by atoms with Crippen molar-refractivity contribution in [2.45, 2.75) is 19.4 Å². The number of hydrogen-bond donors (Lipinski definition) is 0. The van der Waals surface area contributed by atoms with Gasteiger partial charge in [0.05, 0.1) is 13.0 Å². The molecule has 5 nitrogen and oxygen atoms in total. The molecule has 0 aliphatic carbocycles. The second-order valence-corrected chi connectivity index (χ2v) is 6.65. The first-order valence-corrected chi connectivity index (χ1v) is 9.02. The number of carbonyl (C=O) groups excluding carboxylic acids is 2.